The van der Waals surface area contributed by atoms with Crippen LogP contribution in [0.15, 0.2) is 45.7 Å². The van der Waals surface area contributed by atoms with Crippen LogP contribution in [0.1, 0.15) is 50.3 Å². The first-order valence-corrected chi connectivity index (χ1v) is 14.2. The molecule has 1 aromatic rings. The second-order valence-electron chi connectivity index (χ2n) is 9.11. The molecule has 2 aliphatic rings. The molecule has 2 amide bonds. The summed E-state index contributed by atoms with van der Waals surface area (Å²) >= 11 is 0. The lowest BCUT2D eigenvalue weighted by Gasteiger charge is -2.17. The fraction of sp³-hybridized carbons (Fsp3) is 0.500. The van der Waals surface area contributed by atoms with Crippen LogP contribution in [0.2, 0.25) is 0 Å². The number of rotatable bonds is 15. The summed E-state index contributed by atoms with van der Waals surface area (Å²) in [7, 11) is -4.82. The number of amides is 2. The van der Waals surface area contributed by atoms with Crippen molar-refractivity contribution in [2.24, 2.45) is 0 Å². The largest absolute Gasteiger partial charge is 0.499 e. The predicted octanol–water partition coefficient (Wildman–Crippen LogP) is 0.484. The fourth-order valence-electron chi connectivity index (χ4n) is 4.14. The van der Waals surface area contributed by atoms with Crippen LogP contribution in [0.5, 0.6) is 0 Å². The van der Waals surface area contributed by atoms with E-state index in [0.29, 0.717) is 19.5 Å². The maximum absolute atomic E-state index is 12.3. The topological polar surface area (TPSA) is 219 Å². The van der Waals surface area contributed by atoms with Gasteiger partial charge in [-0.2, -0.15) is 0 Å². The number of H-pyrrole nitrogens is 1. The molecule has 4 atom stereocenters. The number of unbranched alkanes of at least 4 members (excludes halogenated alkanes) is 3. The summed E-state index contributed by atoms with van der Waals surface area (Å²) in [5.41, 5.74) is -0.893. The highest BCUT2D eigenvalue weighted by Gasteiger charge is 2.41. The number of nitrogens with one attached hydrogen (secondary N) is 3. The van der Waals surface area contributed by atoms with Crippen LogP contribution in [-0.4, -0.2) is 68.5 Å². The van der Waals surface area contributed by atoms with Gasteiger partial charge in [0.1, 0.15) is 18.4 Å². The van der Waals surface area contributed by atoms with Gasteiger partial charge in [0.2, 0.25) is 11.8 Å². The second-order valence-corrected chi connectivity index (χ2v) is 10.4. The third kappa shape index (κ3) is 9.20. The molecule has 1 saturated heterocycles. The SMILES string of the molecule is O=C(/C=C/c1cn(C2CC(OP(=O)(O)OO)C(CO)O2)c(=O)[nH]c1=O)NCCCCCCNC(=O)C1=CC=CC1. The molecule has 220 valence electrons. The number of phosphoric acid groups is 1. The minimum atomic E-state index is -4.82. The predicted molar refractivity (Wildman–Crippen MR) is 141 cm³/mol. The molecular formula is C24H33N4O11P. The fourth-order valence-corrected chi connectivity index (χ4v) is 4.74. The zero-order chi connectivity index (χ0) is 29.1. The van der Waals surface area contributed by atoms with Crippen LogP contribution in [0.4, 0.5) is 0 Å². The van der Waals surface area contributed by atoms with E-state index in [1.165, 1.54) is 6.08 Å². The first-order valence-electron chi connectivity index (χ1n) is 12.7. The first-order chi connectivity index (χ1) is 19.1. The van der Waals surface area contributed by atoms with E-state index < -0.39 is 50.0 Å². The molecule has 0 aromatic carbocycles. The molecule has 1 aliphatic carbocycles. The van der Waals surface area contributed by atoms with Crippen molar-refractivity contribution in [1.29, 1.82) is 0 Å². The number of carbonyl (C=O) groups is 2. The maximum atomic E-state index is 12.3. The van der Waals surface area contributed by atoms with Gasteiger partial charge in [-0.05, 0) is 25.3 Å². The summed E-state index contributed by atoms with van der Waals surface area (Å²) in [6.07, 6.45) is 9.39. The van der Waals surface area contributed by atoms with Gasteiger partial charge in [0.15, 0.2) is 0 Å². The van der Waals surface area contributed by atoms with E-state index in [1.807, 2.05) is 12.2 Å². The van der Waals surface area contributed by atoms with Gasteiger partial charge in [-0.15, -0.1) is 4.67 Å². The number of hydrogen-bond acceptors (Lipinski definition) is 10. The molecule has 2 heterocycles. The highest BCUT2D eigenvalue weighted by Crippen LogP contribution is 2.47. The van der Waals surface area contributed by atoms with Gasteiger partial charge in [0.25, 0.3) is 5.56 Å². The van der Waals surface area contributed by atoms with E-state index in [0.717, 1.165) is 48.1 Å². The number of aliphatic hydroxyl groups excluding tert-OH is 1. The number of phosphoric ester groups is 1. The standard InChI is InChI=1S/C24H33N4O11P/c29-15-19-18(38-40(35,36)39-34)13-21(37-19)28-14-17(23(32)27-24(28)33)9-10-20(30)25-11-5-1-2-6-12-26-22(31)16-7-3-4-8-16/h3-4,7,9-10,14,18-19,21,29,34H,1-2,5-6,8,11-13,15H2,(H,25,30)(H,26,31)(H,35,36)(H,27,32,33)/b10-9+. The highest BCUT2D eigenvalue weighted by atomic mass is 31.2. The average Bonchev–Trinajstić information content (AvgIpc) is 3.60. The van der Waals surface area contributed by atoms with Crippen molar-refractivity contribution in [3.63, 3.8) is 0 Å². The number of aliphatic hydroxyl groups is 1. The van der Waals surface area contributed by atoms with Crippen molar-refractivity contribution >= 4 is 25.7 Å². The van der Waals surface area contributed by atoms with Crippen molar-refractivity contribution in [2.75, 3.05) is 19.7 Å². The van der Waals surface area contributed by atoms with Crippen molar-refractivity contribution in [3.05, 3.63) is 62.5 Å². The van der Waals surface area contributed by atoms with E-state index >= 15 is 0 Å². The summed E-state index contributed by atoms with van der Waals surface area (Å²) in [6.45, 7) is 0.363. The average molecular weight is 585 g/mol. The van der Waals surface area contributed by atoms with Crippen molar-refractivity contribution in [3.8, 4) is 0 Å². The van der Waals surface area contributed by atoms with Gasteiger partial charge in [-0.1, -0.05) is 31.1 Å². The van der Waals surface area contributed by atoms with Gasteiger partial charge >= 0.3 is 13.5 Å². The Balaban J connectivity index is 1.44. The Bertz CT molecular complexity index is 1300. The van der Waals surface area contributed by atoms with Gasteiger partial charge < -0.3 is 25.4 Å². The van der Waals surface area contributed by atoms with Crippen LogP contribution in [0, 0.1) is 0 Å². The maximum Gasteiger partial charge on any atom is 0.499 e. The molecular weight excluding hydrogens is 551 g/mol. The molecule has 0 bridgehead atoms. The van der Waals surface area contributed by atoms with Crippen LogP contribution in [-0.2, 0) is 28.1 Å². The Kier molecular flexibility index (Phi) is 11.8. The lowest BCUT2D eigenvalue weighted by Crippen LogP contribution is -2.33. The summed E-state index contributed by atoms with van der Waals surface area (Å²) in [5, 5.41) is 23.5. The van der Waals surface area contributed by atoms with E-state index in [4.69, 9.17) is 14.5 Å². The number of carbonyl (C=O) groups excluding carboxylic acids is 2. The molecule has 6 N–H and O–H groups in total. The molecule has 0 saturated carbocycles. The Morgan fingerprint density at radius 3 is 2.58 bits per heavy atom. The Labute approximate surface area is 228 Å². The van der Waals surface area contributed by atoms with E-state index in [1.54, 1.807) is 6.08 Å². The zero-order valence-electron chi connectivity index (χ0n) is 21.6. The normalized spacial score (nSPS) is 21.9. The Morgan fingerprint density at radius 2 is 1.93 bits per heavy atom. The number of ether oxygens (including phenoxy) is 1. The molecule has 3 rings (SSSR count). The molecule has 40 heavy (non-hydrogen) atoms. The summed E-state index contributed by atoms with van der Waals surface area (Å²) < 4.78 is 26.2. The molecule has 16 heteroatoms. The molecule has 0 spiro atoms. The van der Waals surface area contributed by atoms with Gasteiger partial charge in [0.05, 0.1) is 12.2 Å². The van der Waals surface area contributed by atoms with E-state index in [2.05, 4.69) is 20.3 Å². The molecule has 4 unspecified atom stereocenters. The Morgan fingerprint density at radius 1 is 1.20 bits per heavy atom. The monoisotopic (exact) mass is 584 g/mol. The third-order valence-corrected chi connectivity index (χ3v) is 6.95. The summed E-state index contributed by atoms with van der Waals surface area (Å²) in [6, 6.07) is 0. The lowest BCUT2D eigenvalue weighted by atomic mass is 10.2. The number of nitrogens with zero attached hydrogens (tertiary/aromatic N) is 1. The molecule has 1 aliphatic heterocycles. The van der Waals surface area contributed by atoms with Gasteiger partial charge in [0, 0.05) is 37.4 Å². The van der Waals surface area contributed by atoms with Crippen LogP contribution in [0.3, 0.4) is 0 Å². The van der Waals surface area contributed by atoms with E-state index in [9.17, 15) is 33.7 Å². The van der Waals surface area contributed by atoms with Crippen LogP contribution in [0.25, 0.3) is 6.08 Å². The van der Waals surface area contributed by atoms with Crippen LogP contribution < -0.4 is 21.9 Å². The number of hydrogen-bond donors (Lipinski definition) is 6. The molecule has 0 radical (unpaired) electrons. The summed E-state index contributed by atoms with van der Waals surface area (Å²) in [4.78, 5) is 60.1. The smallest absolute Gasteiger partial charge is 0.394 e. The van der Waals surface area contributed by atoms with Crippen LogP contribution >= 0.6 is 7.82 Å². The molecule has 1 fully saturated rings. The first kappa shape index (κ1) is 31.4. The Hall–Kier alpha value is -3.17. The van der Waals surface area contributed by atoms with Crippen molar-refractivity contribution in [1.82, 2.24) is 20.2 Å². The minimum absolute atomic E-state index is 0.0408. The summed E-state index contributed by atoms with van der Waals surface area (Å²) in [5.74, 6) is -0.496. The quantitative estimate of drug-likeness (QED) is 0.0548. The number of aromatic amines is 1. The van der Waals surface area contributed by atoms with Crippen molar-refractivity contribution in [2.45, 2.75) is 57.0 Å². The highest BCUT2D eigenvalue weighted by molar-refractivity contribution is 7.47. The minimum Gasteiger partial charge on any atom is -0.394 e. The van der Waals surface area contributed by atoms with Crippen molar-refractivity contribution < 1.29 is 43.3 Å². The number of aromatic nitrogens is 2. The zero-order valence-corrected chi connectivity index (χ0v) is 22.5. The molecule has 1 aromatic heterocycles. The van der Waals surface area contributed by atoms with Gasteiger partial charge in [-0.25, -0.2) is 14.6 Å². The van der Waals surface area contributed by atoms with E-state index in [-0.39, 0.29) is 17.9 Å². The van der Waals surface area contributed by atoms with Gasteiger partial charge in [-0.3, -0.25) is 28.5 Å². The molecule has 15 nitrogen and oxygen atoms in total. The number of allylic oxidation sites excluding steroid dienone is 3. The third-order valence-electron chi connectivity index (χ3n) is 6.20. The lowest BCUT2D eigenvalue weighted by molar-refractivity contribution is -0.167. The second kappa shape index (κ2) is 15.0.